The minimum absolute atomic E-state index is 0.0172. The minimum atomic E-state index is -0.0318. The number of aliphatic hydroxyl groups excluding tert-OH is 1. The Morgan fingerprint density at radius 3 is 2.74 bits per heavy atom. The lowest BCUT2D eigenvalue weighted by Crippen LogP contribution is -2.50. The number of ether oxygens (including phenoxy) is 1. The average Bonchev–Trinajstić information content (AvgIpc) is 3.39. The standard InChI is InChI=1S/C27H31ClN8O3/c1-33(13-14-37)25(38)18-34-9-11-35(12-10-34)19-6-7-21(23(15-19)39-2)31-27-30-16-20(28)26(32-27)22-17-29-24-5-3-4-8-36(22)24/h3-8,15-17,37H,9-14,18H2,1-2H3,(H,30,31,32). The highest BCUT2D eigenvalue weighted by Gasteiger charge is 2.22. The van der Waals surface area contributed by atoms with Gasteiger partial charge in [0.25, 0.3) is 0 Å². The monoisotopic (exact) mass is 550 g/mol. The van der Waals surface area contributed by atoms with Crippen LogP contribution in [-0.4, -0.2) is 100 Å². The van der Waals surface area contributed by atoms with Crippen LogP contribution in [-0.2, 0) is 4.79 Å². The Balaban J connectivity index is 1.28. The number of hydrogen-bond acceptors (Lipinski definition) is 9. The van der Waals surface area contributed by atoms with Gasteiger partial charge in [0.05, 0.1) is 49.1 Å². The first kappa shape index (κ1) is 26.7. The number of nitrogens with zero attached hydrogens (tertiary/aromatic N) is 7. The van der Waals surface area contributed by atoms with Crippen molar-refractivity contribution in [3.63, 3.8) is 0 Å². The summed E-state index contributed by atoms with van der Waals surface area (Å²) in [5.74, 6) is 1.06. The van der Waals surface area contributed by atoms with Gasteiger partial charge in [-0.25, -0.2) is 15.0 Å². The number of carbonyl (C=O) groups excluding carboxylic acids is 1. The summed E-state index contributed by atoms with van der Waals surface area (Å²) in [6, 6.07) is 11.7. The number of aliphatic hydroxyl groups is 1. The van der Waals surface area contributed by atoms with Gasteiger partial charge in [0.1, 0.15) is 17.1 Å². The fourth-order valence-electron chi connectivity index (χ4n) is 4.57. The van der Waals surface area contributed by atoms with Gasteiger partial charge in [-0.3, -0.25) is 14.1 Å². The van der Waals surface area contributed by atoms with Crippen LogP contribution in [0.1, 0.15) is 0 Å². The zero-order chi connectivity index (χ0) is 27.4. The number of likely N-dealkylation sites (N-methyl/N-ethyl adjacent to an activating group) is 1. The maximum atomic E-state index is 12.3. The number of methoxy groups -OCH3 is 1. The summed E-state index contributed by atoms with van der Waals surface area (Å²) in [4.78, 5) is 31.7. The van der Waals surface area contributed by atoms with Gasteiger partial charge in [0, 0.05) is 57.7 Å². The molecule has 4 heterocycles. The summed E-state index contributed by atoms with van der Waals surface area (Å²) < 4.78 is 7.62. The first-order valence-corrected chi connectivity index (χ1v) is 13.1. The van der Waals surface area contributed by atoms with Crippen molar-refractivity contribution in [1.29, 1.82) is 0 Å². The van der Waals surface area contributed by atoms with E-state index in [2.05, 4.69) is 30.1 Å². The van der Waals surface area contributed by atoms with E-state index in [1.807, 2.05) is 47.0 Å². The van der Waals surface area contributed by atoms with Crippen LogP contribution in [0.5, 0.6) is 5.75 Å². The van der Waals surface area contributed by atoms with E-state index in [9.17, 15) is 4.79 Å². The molecule has 12 heteroatoms. The maximum Gasteiger partial charge on any atom is 0.236 e. The third kappa shape index (κ3) is 5.90. The van der Waals surface area contributed by atoms with Crippen molar-refractivity contribution in [3.8, 4) is 17.1 Å². The molecule has 1 aliphatic rings. The van der Waals surface area contributed by atoms with Gasteiger partial charge in [-0.1, -0.05) is 17.7 Å². The molecule has 1 amide bonds. The molecule has 1 saturated heterocycles. The molecule has 1 aromatic carbocycles. The Morgan fingerprint density at radius 1 is 1.15 bits per heavy atom. The minimum Gasteiger partial charge on any atom is -0.494 e. The van der Waals surface area contributed by atoms with Crippen LogP contribution < -0.4 is 15.0 Å². The van der Waals surface area contributed by atoms with Crippen molar-refractivity contribution < 1.29 is 14.6 Å². The van der Waals surface area contributed by atoms with E-state index in [4.69, 9.17) is 21.4 Å². The molecular weight excluding hydrogens is 520 g/mol. The second-order valence-electron chi connectivity index (χ2n) is 9.27. The smallest absolute Gasteiger partial charge is 0.236 e. The number of hydrogen-bond donors (Lipinski definition) is 2. The molecule has 0 atom stereocenters. The lowest BCUT2D eigenvalue weighted by Gasteiger charge is -2.36. The molecule has 2 N–H and O–H groups in total. The van der Waals surface area contributed by atoms with Gasteiger partial charge in [0.15, 0.2) is 0 Å². The van der Waals surface area contributed by atoms with E-state index < -0.39 is 0 Å². The van der Waals surface area contributed by atoms with E-state index in [0.717, 1.165) is 48.9 Å². The largest absolute Gasteiger partial charge is 0.494 e. The second kappa shape index (κ2) is 11.9. The van der Waals surface area contributed by atoms with Gasteiger partial charge in [-0.05, 0) is 24.3 Å². The molecule has 0 unspecified atom stereocenters. The van der Waals surface area contributed by atoms with Crippen LogP contribution in [0.2, 0.25) is 5.02 Å². The number of fused-ring (bicyclic) bond motifs is 1. The average molecular weight is 551 g/mol. The van der Waals surface area contributed by atoms with Crippen molar-refractivity contribution in [1.82, 2.24) is 29.2 Å². The van der Waals surface area contributed by atoms with Crippen molar-refractivity contribution in [2.24, 2.45) is 0 Å². The highest BCUT2D eigenvalue weighted by atomic mass is 35.5. The number of benzene rings is 1. The first-order chi connectivity index (χ1) is 19.0. The number of pyridine rings is 1. The number of aromatic nitrogens is 4. The Bertz CT molecular complexity index is 1450. The topological polar surface area (TPSA) is 111 Å². The third-order valence-corrected chi connectivity index (χ3v) is 7.07. The molecule has 1 fully saturated rings. The molecular formula is C27H31ClN8O3. The van der Waals surface area contributed by atoms with Crippen molar-refractivity contribution in [3.05, 3.63) is 60.0 Å². The van der Waals surface area contributed by atoms with Gasteiger partial charge in [-0.15, -0.1) is 0 Å². The zero-order valence-electron chi connectivity index (χ0n) is 21.9. The Labute approximate surface area is 231 Å². The molecule has 39 heavy (non-hydrogen) atoms. The highest BCUT2D eigenvalue weighted by Crippen LogP contribution is 2.33. The van der Waals surface area contributed by atoms with Crippen molar-refractivity contribution in [2.45, 2.75) is 0 Å². The van der Waals surface area contributed by atoms with Crippen molar-refractivity contribution >= 4 is 40.5 Å². The first-order valence-electron chi connectivity index (χ1n) is 12.7. The van der Waals surface area contributed by atoms with Gasteiger partial charge >= 0.3 is 0 Å². The summed E-state index contributed by atoms with van der Waals surface area (Å²) in [6.07, 6.45) is 5.23. The SMILES string of the molecule is COc1cc(N2CCN(CC(=O)N(C)CCO)CC2)ccc1Nc1ncc(Cl)c(-c2cnc3ccccn23)n1. The summed E-state index contributed by atoms with van der Waals surface area (Å²) in [6.45, 7) is 3.79. The number of anilines is 3. The highest BCUT2D eigenvalue weighted by molar-refractivity contribution is 6.32. The van der Waals surface area contributed by atoms with E-state index in [0.29, 0.717) is 35.5 Å². The number of carbonyl (C=O) groups is 1. The summed E-state index contributed by atoms with van der Waals surface area (Å²) in [7, 11) is 3.34. The fraction of sp³-hybridized carbons (Fsp3) is 0.333. The third-order valence-electron chi connectivity index (χ3n) is 6.79. The number of rotatable bonds is 9. The molecule has 11 nitrogen and oxygen atoms in total. The quantitative estimate of drug-likeness (QED) is 0.325. The van der Waals surface area contributed by atoms with E-state index >= 15 is 0 Å². The summed E-state index contributed by atoms with van der Waals surface area (Å²) in [5.41, 5.74) is 3.90. The zero-order valence-corrected chi connectivity index (χ0v) is 22.7. The Kier molecular flexibility index (Phi) is 8.10. The van der Waals surface area contributed by atoms with Crippen LogP contribution in [0, 0.1) is 0 Å². The number of amides is 1. The lowest BCUT2D eigenvalue weighted by atomic mass is 10.2. The Morgan fingerprint density at radius 2 is 1.97 bits per heavy atom. The number of piperazine rings is 1. The molecule has 0 radical (unpaired) electrons. The van der Waals surface area contributed by atoms with E-state index in [1.54, 1.807) is 31.5 Å². The van der Waals surface area contributed by atoms with E-state index in [-0.39, 0.29) is 12.5 Å². The number of halogens is 1. The summed E-state index contributed by atoms with van der Waals surface area (Å²) >= 11 is 6.47. The fourth-order valence-corrected chi connectivity index (χ4v) is 4.75. The van der Waals surface area contributed by atoms with Crippen molar-refractivity contribution in [2.75, 3.05) is 70.2 Å². The van der Waals surface area contributed by atoms with Crippen LogP contribution in [0.15, 0.2) is 55.0 Å². The number of nitrogens with one attached hydrogen (secondary N) is 1. The molecule has 3 aromatic heterocycles. The van der Waals surface area contributed by atoms with Gasteiger partial charge in [0.2, 0.25) is 11.9 Å². The van der Waals surface area contributed by atoms with E-state index in [1.165, 1.54) is 0 Å². The predicted octanol–water partition coefficient (Wildman–Crippen LogP) is 2.77. The molecule has 0 spiro atoms. The molecule has 0 bridgehead atoms. The molecule has 5 rings (SSSR count). The van der Waals surface area contributed by atoms with Crippen LogP contribution in [0.3, 0.4) is 0 Å². The maximum absolute atomic E-state index is 12.3. The molecule has 4 aromatic rings. The van der Waals surface area contributed by atoms with Gasteiger partial charge in [-0.2, -0.15) is 0 Å². The van der Waals surface area contributed by atoms with Gasteiger partial charge < -0.3 is 25.0 Å². The predicted molar refractivity (Wildman–Crippen MR) is 151 cm³/mol. The Hall–Kier alpha value is -3.93. The normalized spacial score (nSPS) is 14.0. The molecule has 0 saturated carbocycles. The molecule has 204 valence electrons. The summed E-state index contributed by atoms with van der Waals surface area (Å²) in [5, 5.41) is 12.7. The number of imidazole rings is 1. The molecule has 0 aliphatic carbocycles. The van der Waals surface area contributed by atoms with Crippen LogP contribution in [0.25, 0.3) is 17.0 Å². The lowest BCUT2D eigenvalue weighted by molar-refractivity contribution is -0.131. The molecule has 1 aliphatic heterocycles. The second-order valence-corrected chi connectivity index (χ2v) is 9.68. The van der Waals surface area contributed by atoms with Crippen LogP contribution >= 0.6 is 11.6 Å². The van der Waals surface area contributed by atoms with Crippen LogP contribution in [0.4, 0.5) is 17.3 Å².